The molecule has 0 aliphatic heterocycles. The zero-order chi connectivity index (χ0) is 25.3. The van der Waals surface area contributed by atoms with Crippen molar-refractivity contribution in [2.24, 2.45) is 0 Å². The second kappa shape index (κ2) is 12.6. The first-order valence-corrected chi connectivity index (χ1v) is 12.9. The molecule has 0 aromatic heterocycles. The fourth-order valence-electron chi connectivity index (χ4n) is 4.77. The molecule has 1 N–H and O–H groups in total. The number of carbonyl (C=O) groups excluding carboxylic acids is 2. The molecule has 1 fully saturated rings. The Hall–Kier alpha value is -3.31. The Labute approximate surface area is 218 Å². The van der Waals surface area contributed by atoms with Crippen LogP contribution in [0.25, 0.3) is 0 Å². The minimum absolute atomic E-state index is 0.0990. The van der Waals surface area contributed by atoms with Gasteiger partial charge in [-0.1, -0.05) is 79.0 Å². The summed E-state index contributed by atoms with van der Waals surface area (Å²) in [6.07, 6.45) is 4.84. The molecule has 0 saturated heterocycles. The van der Waals surface area contributed by atoms with E-state index in [4.69, 9.17) is 16.3 Å². The third kappa shape index (κ3) is 7.11. The summed E-state index contributed by atoms with van der Waals surface area (Å²) in [5.74, 6) is 0.508. The molecule has 36 heavy (non-hydrogen) atoms. The van der Waals surface area contributed by atoms with Crippen LogP contribution in [0.4, 0.5) is 0 Å². The summed E-state index contributed by atoms with van der Waals surface area (Å²) in [5.41, 5.74) is 2.78. The Balaban J connectivity index is 1.66. The van der Waals surface area contributed by atoms with E-state index in [1.807, 2.05) is 66.7 Å². The van der Waals surface area contributed by atoms with Crippen LogP contribution in [0.2, 0.25) is 5.02 Å². The van der Waals surface area contributed by atoms with Crippen molar-refractivity contribution in [3.63, 3.8) is 0 Å². The maximum Gasteiger partial charge on any atom is 0.243 e. The Morgan fingerprint density at radius 1 is 0.944 bits per heavy atom. The molecular formula is C30H33ClN2O3. The lowest BCUT2D eigenvalue weighted by Gasteiger charge is -2.32. The van der Waals surface area contributed by atoms with E-state index < -0.39 is 6.04 Å². The Morgan fingerprint density at radius 2 is 1.64 bits per heavy atom. The quantitative estimate of drug-likeness (QED) is 0.391. The third-order valence-electron chi connectivity index (χ3n) is 6.73. The smallest absolute Gasteiger partial charge is 0.243 e. The van der Waals surface area contributed by atoms with E-state index in [2.05, 4.69) is 5.32 Å². The number of nitrogens with zero attached hydrogens (tertiary/aromatic N) is 1. The van der Waals surface area contributed by atoms with Crippen LogP contribution in [0.3, 0.4) is 0 Å². The van der Waals surface area contributed by atoms with E-state index in [-0.39, 0.29) is 24.3 Å². The molecule has 5 nitrogen and oxygen atoms in total. The van der Waals surface area contributed by atoms with Gasteiger partial charge in [0.2, 0.25) is 11.8 Å². The molecule has 1 saturated carbocycles. The van der Waals surface area contributed by atoms with Crippen molar-refractivity contribution >= 4 is 23.4 Å². The number of rotatable bonds is 10. The van der Waals surface area contributed by atoms with Crippen molar-refractivity contribution < 1.29 is 14.3 Å². The van der Waals surface area contributed by atoms with E-state index in [0.717, 1.165) is 42.4 Å². The number of benzene rings is 3. The highest BCUT2D eigenvalue weighted by molar-refractivity contribution is 6.30. The number of ether oxygens (including phenoxy) is 1. The monoisotopic (exact) mass is 504 g/mol. The number of methoxy groups -OCH3 is 1. The molecule has 1 atom stereocenters. The molecule has 0 bridgehead atoms. The summed E-state index contributed by atoms with van der Waals surface area (Å²) in [7, 11) is 1.62. The molecule has 3 aromatic carbocycles. The average molecular weight is 505 g/mol. The van der Waals surface area contributed by atoms with Crippen molar-refractivity contribution in [3.8, 4) is 5.75 Å². The number of amides is 2. The Bertz CT molecular complexity index is 1140. The number of halogens is 1. The number of nitrogens with one attached hydrogen (secondary N) is 1. The standard InChI is InChI=1S/C30H33ClN2O3/c1-36-27-13-7-10-24(18-27)21-33(29(34)20-23-14-16-25(31)17-15-23)28(19-22-8-3-2-4-9-22)30(35)32-26-11-5-6-12-26/h2-4,7-10,13-18,26,28H,5-6,11-12,19-21H2,1H3,(H,32,35). The van der Waals surface area contributed by atoms with Crippen LogP contribution in [0.1, 0.15) is 42.4 Å². The van der Waals surface area contributed by atoms with Gasteiger partial charge in [-0.2, -0.15) is 0 Å². The van der Waals surface area contributed by atoms with E-state index in [9.17, 15) is 9.59 Å². The molecule has 2 amide bonds. The van der Waals surface area contributed by atoms with Crippen molar-refractivity contribution in [2.75, 3.05) is 7.11 Å². The van der Waals surface area contributed by atoms with Gasteiger partial charge in [0.05, 0.1) is 13.5 Å². The maximum atomic E-state index is 13.8. The minimum Gasteiger partial charge on any atom is -0.497 e. The normalized spacial score (nSPS) is 14.3. The van der Waals surface area contributed by atoms with Crippen LogP contribution in [0.5, 0.6) is 5.75 Å². The number of carbonyl (C=O) groups is 2. The summed E-state index contributed by atoms with van der Waals surface area (Å²) >= 11 is 6.05. The summed E-state index contributed by atoms with van der Waals surface area (Å²) in [6, 6.07) is 24.3. The van der Waals surface area contributed by atoms with Gasteiger partial charge in [0.1, 0.15) is 11.8 Å². The van der Waals surface area contributed by atoms with Crippen LogP contribution >= 0.6 is 11.6 Å². The molecule has 0 heterocycles. The Kier molecular flexibility index (Phi) is 9.01. The molecule has 188 valence electrons. The van der Waals surface area contributed by atoms with Crippen LogP contribution in [0.15, 0.2) is 78.9 Å². The topological polar surface area (TPSA) is 58.6 Å². The highest BCUT2D eigenvalue weighted by Crippen LogP contribution is 2.22. The van der Waals surface area contributed by atoms with E-state index in [0.29, 0.717) is 23.7 Å². The van der Waals surface area contributed by atoms with E-state index in [1.54, 1.807) is 24.1 Å². The predicted molar refractivity (Wildman–Crippen MR) is 143 cm³/mol. The maximum absolute atomic E-state index is 13.8. The second-order valence-corrected chi connectivity index (χ2v) is 9.81. The highest BCUT2D eigenvalue weighted by atomic mass is 35.5. The van der Waals surface area contributed by atoms with Crippen molar-refractivity contribution in [2.45, 2.75) is 57.2 Å². The number of hydrogen-bond donors (Lipinski definition) is 1. The summed E-state index contributed by atoms with van der Waals surface area (Å²) in [6.45, 7) is 0.305. The van der Waals surface area contributed by atoms with Crippen molar-refractivity contribution in [3.05, 3.63) is 101 Å². The molecule has 1 aliphatic rings. The van der Waals surface area contributed by atoms with Gasteiger partial charge in [0.25, 0.3) is 0 Å². The van der Waals surface area contributed by atoms with Crippen molar-refractivity contribution in [1.82, 2.24) is 10.2 Å². The summed E-state index contributed by atoms with van der Waals surface area (Å²) in [4.78, 5) is 29.2. The highest BCUT2D eigenvalue weighted by Gasteiger charge is 2.32. The molecular weight excluding hydrogens is 472 g/mol. The van der Waals surface area contributed by atoms with Gasteiger partial charge in [-0.3, -0.25) is 9.59 Å². The lowest BCUT2D eigenvalue weighted by molar-refractivity contribution is -0.141. The van der Waals surface area contributed by atoms with Gasteiger partial charge in [-0.05, 0) is 53.8 Å². The lowest BCUT2D eigenvalue weighted by Crippen LogP contribution is -2.52. The molecule has 1 unspecified atom stereocenters. The zero-order valence-corrected chi connectivity index (χ0v) is 21.4. The molecule has 0 spiro atoms. The van der Waals surface area contributed by atoms with Gasteiger partial charge in [0.15, 0.2) is 0 Å². The van der Waals surface area contributed by atoms with Crippen LogP contribution in [-0.4, -0.2) is 35.9 Å². The summed E-state index contributed by atoms with van der Waals surface area (Å²) < 4.78 is 5.40. The van der Waals surface area contributed by atoms with E-state index >= 15 is 0 Å². The van der Waals surface area contributed by atoms with Gasteiger partial charge in [0, 0.05) is 24.0 Å². The summed E-state index contributed by atoms with van der Waals surface area (Å²) in [5, 5.41) is 3.86. The molecule has 0 radical (unpaired) electrons. The molecule has 1 aliphatic carbocycles. The first-order valence-electron chi connectivity index (χ1n) is 12.5. The Morgan fingerprint density at radius 3 is 2.33 bits per heavy atom. The van der Waals surface area contributed by atoms with Gasteiger partial charge in [-0.25, -0.2) is 0 Å². The zero-order valence-electron chi connectivity index (χ0n) is 20.7. The third-order valence-corrected chi connectivity index (χ3v) is 6.98. The van der Waals surface area contributed by atoms with Gasteiger partial charge >= 0.3 is 0 Å². The molecule has 6 heteroatoms. The first-order chi connectivity index (χ1) is 17.5. The van der Waals surface area contributed by atoms with Crippen LogP contribution in [-0.2, 0) is 29.0 Å². The second-order valence-electron chi connectivity index (χ2n) is 9.37. The van der Waals surface area contributed by atoms with Crippen LogP contribution < -0.4 is 10.1 Å². The minimum atomic E-state index is -0.640. The van der Waals surface area contributed by atoms with Gasteiger partial charge < -0.3 is 15.0 Å². The number of hydrogen-bond acceptors (Lipinski definition) is 3. The van der Waals surface area contributed by atoms with E-state index in [1.165, 1.54) is 0 Å². The molecule has 4 rings (SSSR count). The van der Waals surface area contributed by atoms with Crippen LogP contribution in [0, 0.1) is 0 Å². The predicted octanol–water partition coefficient (Wildman–Crippen LogP) is 5.59. The lowest BCUT2D eigenvalue weighted by atomic mass is 10.0. The van der Waals surface area contributed by atoms with Gasteiger partial charge in [-0.15, -0.1) is 0 Å². The SMILES string of the molecule is COc1cccc(CN(C(=O)Cc2ccc(Cl)cc2)C(Cc2ccccc2)C(=O)NC2CCCC2)c1. The first kappa shape index (κ1) is 25.8. The fourth-order valence-corrected chi connectivity index (χ4v) is 4.89. The fraction of sp³-hybridized carbons (Fsp3) is 0.333. The largest absolute Gasteiger partial charge is 0.497 e. The molecule has 3 aromatic rings. The van der Waals surface area contributed by atoms with Crippen molar-refractivity contribution in [1.29, 1.82) is 0 Å². The average Bonchev–Trinajstić information content (AvgIpc) is 3.41.